The standard InChI is InChI=1S/C11H10F2O3S/c12-8-2-1-6(3-9(8)13)10(14)4-7(5-17)11(15)16/h1-3,7,17H,4-5H2,(H,15,16)/t7-/m1/s1. The van der Waals surface area contributed by atoms with Gasteiger partial charge in [-0.15, -0.1) is 0 Å². The molecule has 3 nitrogen and oxygen atoms in total. The van der Waals surface area contributed by atoms with E-state index < -0.39 is 29.3 Å². The summed E-state index contributed by atoms with van der Waals surface area (Å²) in [6.45, 7) is 0. The molecule has 92 valence electrons. The summed E-state index contributed by atoms with van der Waals surface area (Å²) in [5.41, 5.74) is -0.0445. The molecule has 0 bridgehead atoms. The Morgan fingerprint density at radius 1 is 1.29 bits per heavy atom. The van der Waals surface area contributed by atoms with Crippen molar-refractivity contribution in [2.24, 2.45) is 5.92 Å². The number of benzene rings is 1. The van der Waals surface area contributed by atoms with Crippen LogP contribution in [0.15, 0.2) is 18.2 Å². The van der Waals surface area contributed by atoms with E-state index in [0.717, 1.165) is 18.2 Å². The average Bonchev–Trinajstić information content (AvgIpc) is 2.28. The van der Waals surface area contributed by atoms with Crippen LogP contribution < -0.4 is 0 Å². The fourth-order valence-corrected chi connectivity index (χ4v) is 1.53. The van der Waals surface area contributed by atoms with E-state index >= 15 is 0 Å². The van der Waals surface area contributed by atoms with Crippen LogP contribution in [0.4, 0.5) is 8.78 Å². The Morgan fingerprint density at radius 2 is 1.94 bits per heavy atom. The highest BCUT2D eigenvalue weighted by Gasteiger charge is 2.21. The van der Waals surface area contributed by atoms with Gasteiger partial charge in [-0.1, -0.05) is 0 Å². The number of carboxylic acids is 1. The zero-order valence-electron chi connectivity index (χ0n) is 8.69. The summed E-state index contributed by atoms with van der Waals surface area (Å²) < 4.78 is 25.5. The van der Waals surface area contributed by atoms with Gasteiger partial charge in [0.25, 0.3) is 0 Å². The van der Waals surface area contributed by atoms with Gasteiger partial charge in [0, 0.05) is 17.7 Å². The first-order valence-electron chi connectivity index (χ1n) is 4.77. The quantitative estimate of drug-likeness (QED) is 0.630. The summed E-state index contributed by atoms with van der Waals surface area (Å²) in [5, 5.41) is 8.73. The predicted molar refractivity (Wildman–Crippen MR) is 60.3 cm³/mol. The lowest BCUT2D eigenvalue weighted by molar-refractivity contribution is -0.140. The lowest BCUT2D eigenvalue weighted by Gasteiger charge is -2.08. The SMILES string of the molecule is O=C(C[C@H](CS)C(=O)O)c1ccc(F)c(F)c1. The number of carboxylic acid groups (broad SMARTS) is 1. The van der Waals surface area contributed by atoms with Gasteiger partial charge in [0.15, 0.2) is 17.4 Å². The van der Waals surface area contributed by atoms with Crippen molar-refractivity contribution in [3.8, 4) is 0 Å². The van der Waals surface area contributed by atoms with E-state index in [2.05, 4.69) is 12.6 Å². The van der Waals surface area contributed by atoms with Crippen molar-refractivity contribution in [3.63, 3.8) is 0 Å². The molecule has 6 heteroatoms. The highest BCUT2D eigenvalue weighted by atomic mass is 32.1. The molecule has 0 aliphatic heterocycles. The second-order valence-corrected chi connectivity index (χ2v) is 3.84. The van der Waals surface area contributed by atoms with Crippen LogP contribution in [-0.4, -0.2) is 22.6 Å². The molecular formula is C11H10F2O3S. The number of rotatable bonds is 5. The van der Waals surface area contributed by atoms with Crippen molar-refractivity contribution in [2.75, 3.05) is 5.75 Å². The van der Waals surface area contributed by atoms with Crippen molar-refractivity contribution < 1.29 is 23.5 Å². The number of aliphatic carboxylic acids is 1. The minimum atomic E-state index is -1.14. The highest BCUT2D eigenvalue weighted by Crippen LogP contribution is 2.14. The predicted octanol–water partition coefficient (Wildman–Crippen LogP) is 2.17. The van der Waals surface area contributed by atoms with Gasteiger partial charge in [0.2, 0.25) is 0 Å². The Morgan fingerprint density at radius 3 is 2.41 bits per heavy atom. The summed E-state index contributed by atoms with van der Waals surface area (Å²) >= 11 is 3.81. The van der Waals surface area contributed by atoms with Gasteiger partial charge in [-0.2, -0.15) is 12.6 Å². The number of ketones is 1. The van der Waals surface area contributed by atoms with Gasteiger partial charge >= 0.3 is 5.97 Å². The van der Waals surface area contributed by atoms with Gasteiger partial charge in [-0.05, 0) is 18.2 Å². The van der Waals surface area contributed by atoms with E-state index in [9.17, 15) is 18.4 Å². The van der Waals surface area contributed by atoms with Crippen LogP contribution in [0.25, 0.3) is 0 Å². The molecule has 0 fully saturated rings. The van der Waals surface area contributed by atoms with Crippen molar-refractivity contribution in [1.29, 1.82) is 0 Å². The largest absolute Gasteiger partial charge is 0.481 e. The van der Waals surface area contributed by atoms with Gasteiger partial charge in [-0.25, -0.2) is 8.78 Å². The van der Waals surface area contributed by atoms with Crippen molar-refractivity contribution in [2.45, 2.75) is 6.42 Å². The first-order valence-corrected chi connectivity index (χ1v) is 5.41. The smallest absolute Gasteiger partial charge is 0.307 e. The number of halogens is 2. The molecular weight excluding hydrogens is 250 g/mol. The van der Waals surface area contributed by atoms with Gasteiger partial charge < -0.3 is 5.11 Å². The third kappa shape index (κ3) is 3.52. The summed E-state index contributed by atoms with van der Waals surface area (Å²) in [4.78, 5) is 22.3. The van der Waals surface area contributed by atoms with Gasteiger partial charge in [0.05, 0.1) is 5.92 Å². The topological polar surface area (TPSA) is 54.4 Å². The molecule has 0 aromatic heterocycles. The fourth-order valence-electron chi connectivity index (χ4n) is 1.24. The summed E-state index contributed by atoms with van der Waals surface area (Å²) in [6, 6.07) is 2.71. The molecule has 1 aromatic carbocycles. The van der Waals surface area contributed by atoms with Gasteiger partial charge in [-0.3, -0.25) is 9.59 Å². The molecule has 0 radical (unpaired) electrons. The van der Waals surface area contributed by atoms with Crippen LogP contribution in [0.2, 0.25) is 0 Å². The number of carbonyl (C=O) groups excluding carboxylic acids is 1. The van der Waals surface area contributed by atoms with Crippen LogP contribution in [0.3, 0.4) is 0 Å². The van der Waals surface area contributed by atoms with Crippen LogP contribution in [0.5, 0.6) is 0 Å². The summed E-state index contributed by atoms with van der Waals surface area (Å²) in [5.74, 6) is -4.80. The van der Waals surface area contributed by atoms with Gasteiger partial charge in [0.1, 0.15) is 0 Å². The second kappa shape index (κ2) is 5.77. The van der Waals surface area contributed by atoms with E-state index in [1.165, 1.54) is 0 Å². The summed E-state index contributed by atoms with van der Waals surface area (Å²) in [6.07, 6.45) is -0.288. The number of Topliss-reactive ketones (excluding diaryl/α,β-unsaturated/α-hetero) is 1. The van der Waals surface area contributed by atoms with E-state index in [-0.39, 0.29) is 17.7 Å². The number of hydrogen-bond donors (Lipinski definition) is 2. The first kappa shape index (κ1) is 13.6. The Bertz CT molecular complexity index is 448. The van der Waals surface area contributed by atoms with E-state index in [0.29, 0.717) is 0 Å². The van der Waals surface area contributed by atoms with E-state index in [1.807, 2.05) is 0 Å². The lowest BCUT2D eigenvalue weighted by Crippen LogP contribution is -2.19. The van der Waals surface area contributed by atoms with Crippen LogP contribution in [-0.2, 0) is 4.79 Å². The molecule has 0 saturated heterocycles. The molecule has 0 aliphatic rings. The normalized spacial score (nSPS) is 12.2. The van der Waals surface area contributed by atoms with E-state index in [1.54, 1.807) is 0 Å². The minimum Gasteiger partial charge on any atom is -0.481 e. The summed E-state index contributed by atoms with van der Waals surface area (Å²) in [7, 11) is 0. The third-order valence-electron chi connectivity index (χ3n) is 2.24. The van der Waals surface area contributed by atoms with Crippen molar-refractivity contribution >= 4 is 24.4 Å². The molecule has 1 atom stereocenters. The van der Waals surface area contributed by atoms with Crippen LogP contribution in [0, 0.1) is 17.6 Å². The molecule has 0 amide bonds. The fraction of sp³-hybridized carbons (Fsp3) is 0.273. The third-order valence-corrected chi connectivity index (χ3v) is 2.68. The molecule has 0 heterocycles. The Kier molecular flexibility index (Phi) is 4.62. The molecule has 0 aliphatic carbocycles. The maximum Gasteiger partial charge on any atom is 0.307 e. The zero-order chi connectivity index (χ0) is 13.0. The molecule has 1 aromatic rings. The molecule has 0 spiro atoms. The molecule has 1 rings (SSSR count). The minimum absolute atomic E-state index is 0.00471. The molecule has 1 N–H and O–H groups in total. The highest BCUT2D eigenvalue weighted by molar-refractivity contribution is 7.80. The number of carbonyl (C=O) groups is 2. The zero-order valence-corrected chi connectivity index (χ0v) is 9.58. The maximum absolute atomic E-state index is 12.9. The number of hydrogen-bond acceptors (Lipinski definition) is 3. The Labute approximate surface area is 102 Å². The monoisotopic (exact) mass is 260 g/mol. The first-order chi connectivity index (χ1) is 7.95. The molecule has 17 heavy (non-hydrogen) atoms. The lowest BCUT2D eigenvalue weighted by atomic mass is 9.99. The van der Waals surface area contributed by atoms with Crippen molar-refractivity contribution in [3.05, 3.63) is 35.4 Å². The Balaban J connectivity index is 2.82. The molecule has 0 saturated carbocycles. The maximum atomic E-state index is 12.9. The Hall–Kier alpha value is -1.43. The van der Waals surface area contributed by atoms with Crippen LogP contribution in [0.1, 0.15) is 16.8 Å². The average molecular weight is 260 g/mol. The van der Waals surface area contributed by atoms with Crippen LogP contribution >= 0.6 is 12.6 Å². The van der Waals surface area contributed by atoms with Crippen molar-refractivity contribution in [1.82, 2.24) is 0 Å². The van der Waals surface area contributed by atoms with E-state index in [4.69, 9.17) is 5.11 Å². The molecule has 0 unspecified atom stereocenters. The second-order valence-electron chi connectivity index (χ2n) is 3.47. The number of thiol groups is 1.